The number of aliphatic imine (C=N–C) groups is 1. The first-order valence-electron chi connectivity index (χ1n) is 10.5. The van der Waals surface area contributed by atoms with E-state index in [0.717, 1.165) is 45.2 Å². The normalized spacial score (nSPS) is 21.0. The van der Waals surface area contributed by atoms with Crippen molar-refractivity contribution in [2.24, 2.45) is 10.9 Å². The van der Waals surface area contributed by atoms with Gasteiger partial charge in [-0.15, -0.1) is 24.0 Å². The van der Waals surface area contributed by atoms with Crippen LogP contribution in [0.4, 0.5) is 10.1 Å². The van der Waals surface area contributed by atoms with Gasteiger partial charge in [0.05, 0.1) is 5.69 Å². The standard InChI is InChI=1S/C21H34FN5.HI/c1-3-10-25-11-9-18(17-25)16-24-21(23-4-2)27-14-12-26(13-15-27)20-8-6-5-7-19(20)22;/h5-8,18H,3-4,9-17H2,1-2H3,(H,23,24);1H. The molecule has 5 nitrogen and oxygen atoms in total. The van der Waals surface area contributed by atoms with Gasteiger partial charge in [0, 0.05) is 45.8 Å². The summed E-state index contributed by atoms with van der Waals surface area (Å²) in [5.74, 6) is 1.55. The minimum atomic E-state index is -0.135. The molecule has 2 heterocycles. The van der Waals surface area contributed by atoms with Crippen molar-refractivity contribution >= 4 is 35.6 Å². The van der Waals surface area contributed by atoms with Crippen molar-refractivity contribution in [3.63, 3.8) is 0 Å². The minimum Gasteiger partial charge on any atom is -0.366 e. The van der Waals surface area contributed by atoms with E-state index < -0.39 is 0 Å². The second-order valence-electron chi connectivity index (χ2n) is 7.58. The van der Waals surface area contributed by atoms with Crippen LogP contribution in [0.1, 0.15) is 26.7 Å². The van der Waals surface area contributed by atoms with E-state index in [9.17, 15) is 4.39 Å². The van der Waals surface area contributed by atoms with Crippen molar-refractivity contribution in [2.45, 2.75) is 26.7 Å². The molecule has 2 saturated heterocycles. The molecule has 158 valence electrons. The lowest BCUT2D eigenvalue weighted by atomic mass is 10.1. The second-order valence-corrected chi connectivity index (χ2v) is 7.58. The second kappa shape index (κ2) is 11.8. The predicted molar refractivity (Wildman–Crippen MR) is 126 cm³/mol. The summed E-state index contributed by atoms with van der Waals surface area (Å²) in [7, 11) is 0. The van der Waals surface area contributed by atoms with Crippen LogP contribution in [0, 0.1) is 11.7 Å². The van der Waals surface area contributed by atoms with E-state index in [4.69, 9.17) is 4.99 Å². The molecule has 0 spiro atoms. The van der Waals surface area contributed by atoms with Gasteiger partial charge in [-0.05, 0) is 50.9 Å². The summed E-state index contributed by atoms with van der Waals surface area (Å²) in [4.78, 5) is 12.0. The van der Waals surface area contributed by atoms with Crippen LogP contribution in [-0.4, -0.2) is 74.7 Å². The highest BCUT2D eigenvalue weighted by Gasteiger charge is 2.24. The molecule has 7 heteroatoms. The van der Waals surface area contributed by atoms with Crippen LogP contribution >= 0.6 is 24.0 Å². The molecule has 1 unspecified atom stereocenters. The number of likely N-dealkylation sites (tertiary alicyclic amines) is 1. The molecule has 28 heavy (non-hydrogen) atoms. The van der Waals surface area contributed by atoms with Crippen LogP contribution in [0.2, 0.25) is 0 Å². The molecule has 0 radical (unpaired) electrons. The van der Waals surface area contributed by atoms with Crippen molar-refractivity contribution in [2.75, 3.05) is 63.8 Å². The summed E-state index contributed by atoms with van der Waals surface area (Å²) < 4.78 is 14.0. The van der Waals surface area contributed by atoms with Crippen molar-refractivity contribution in [1.82, 2.24) is 15.1 Å². The highest BCUT2D eigenvalue weighted by atomic mass is 127. The highest BCUT2D eigenvalue weighted by Crippen LogP contribution is 2.20. The Morgan fingerprint density at radius 1 is 1.14 bits per heavy atom. The van der Waals surface area contributed by atoms with Crippen LogP contribution in [0.25, 0.3) is 0 Å². The smallest absolute Gasteiger partial charge is 0.194 e. The van der Waals surface area contributed by atoms with Crippen LogP contribution in [0.5, 0.6) is 0 Å². The molecular formula is C21H35FIN5. The Balaban J connectivity index is 0.00000280. The lowest BCUT2D eigenvalue weighted by molar-refractivity contribution is 0.325. The Morgan fingerprint density at radius 2 is 1.89 bits per heavy atom. The van der Waals surface area contributed by atoms with Gasteiger partial charge in [0.2, 0.25) is 0 Å². The Kier molecular flexibility index (Phi) is 9.77. The Bertz CT molecular complexity index is 619. The number of nitrogens with one attached hydrogen (secondary N) is 1. The molecule has 0 aromatic heterocycles. The van der Waals surface area contributed by atoms with Gasteiger partial charge in [0.1, 0.15) is 5.82 Å². The molecule has 0 amide bonds. The largest absolute Gasteiger partial charge is 0.366 e. The van der Waals surface area contributed by atoms with Crippen LogP contribution < -0.4 is 10.2 Å². The van der Waals surface area contributed by atoms with Gasteiger partial charge < -0.3 is 20.0 Å². The third kappa shape index (κ3) is 6.20. The molecule has 1 N–H and O–H groups in total. The first-order valence-corrected chi connectivity index (χ1v) is 10.5. The molecule has 2 aliphatic rings. The number of nitrogens with zero attached hydrogens (tertiary/aromatic N) is 4. The summed E-state index contributed by atoms with van der Waals surface area (Å²) >= 11 is 0. The molecule has 2 aliphatic heterocycles. The maximum Gasteiger partial charge on any atom is 0.194 e. The van der Waals surface area contributed by atoms with Crippen LogP contribution in [0.15, 0.2) is 29.3 Å². The predicted octanol–water partition coefficient (Wildman–Crippen LogP) is 3.26. The third-order valence-electron chi connectivity index (χ3n) is 5.52. The van der Waals surface area contributed by atoms with E-state index in [1.807, 2.05) is 12.1 Å². The fourth-order valence-electron chi connectivity index (χ4n) is 4.09. The van der Waals surface area contributed by atoms with Crippen molar-refractivity contribution in [3.05, 3.63) is 30.1 Å². The zero-order valence-electron chi connectivity index (χ0n) is 17.2. The van der Waals surface area contributed by atoms with Gasteiger partial charge in [-0.25, -0.2) is 4.39 Å². The average Bonchev–Trinajstić information content (AvgIpc) is 3.14. The van der Waals surface area contributed by atoms with E-state index in [1.54, 1.807) is 6.07 Å². The number of halogens is 2. The number of rotatable bonds is 6. The highest BCUT2D eigenvalue weighted by molar-refractivity contribution is 14.0. The SMILES string of the molecule is CCCN1CCC(CN=C(NCC)N2CCN(c3ccccc3F)CC2)C1.I. The van der Waals surface area contributed by atoms with Crippen LogP contribution in [0.3, 0.4) is 0 Å². The molecular weight excluding hydrogens is 468 g/mol. The molecule has 1 atom stereocenters. The summed E-state index contributed by atoms with van der Waals surface area (Å²) in [5, 5.41) is 3.45. The van der Waals surface area contributed by atoms with E-state index in [-0.39, 0.29) is 29.8 Å². The van der Waals surface area contributed by atoms with Gasteiger partial charge in [-0.2, -0.15) is 0 Å². The molecule has 3 rings (SSSR count). The van der Waals surface area contributed by atoms with Crippen LogP contribution in [-0.2, 0) is 0 Å². The minimum absolute atomic E-state index is 0. The van der Waals surface area contributed by atoms with Crippen molar-refractivity contribution < 1.29 is 4.39 Å². The first kappa shape index (κ1) is 23.2. The molecule has 1 aromatic carbocycles. The van der Waals surface area contributed by atoms with E-state index >= 15 is 0 Å². The molecule has 1 aromatic rings. The van der Waals surface area contributed by atoms with E-state index in [0.29, 0.717) is 11.6 Å². The van der Waals surface area contributed by atoms with Gasteiger partial charge in [-0.3, -0.25) is 4.99 Å². The van der Waals surface area contributed by atoms with E-state index in [1.165, 1.54) is 38.5 Å². The number of para-hydroxylation sites is 1. The van der Waals surface area contributed by atoms with Gasteiger partial charge in [0.15, 0.2) is 5.96 Å². The fraction of sp³-hybridized carbons (Fsp3) is 0.667. The van der Waals surface area contributed by atoms with E-state index in [2.05, 4.69) is 33.9 Å². The van der Waals surface area contributed by atoms with Gasteiger partial charge >= 0.3 is 0 Å². The lowest BCUT2D eigenvalue weighted by Gasteiger charge is -2.37. The van der Waals surface area contributed by atoms with Gasteiger partial charge in [-0.1, -0.05) is 19.1 Å². The third-order valence-corrected chi connectivity index (χ3v) is 5.52. The van der Waals surface area contributed by atoms with Crippen molar-refractivity contribution in [3.8, 4) is 0 Å². The van der Waals surface area contributed by atoms with Gasteiger partial charge in [0.25, 0.3) is 0 Å². The number of benzene rings is 1. The molecule has 0 bridgehead atoms. The summed E-state index contributed by atoms with van der Waals surface area (Å²) in [6.45, 7) is 13.1. The fourth-order valence-corrected chi connectivity index (χ4v) is 4.09. The number of hydrogen-bond acceptors (Lipinski definition) is 3. The Labute approximate surface area is 186 Å². The summed E-state index contributed by atoms with van der Waals surface area (Å²) in [5.41, 5.74) is 0.709. The topological polar surface area (TPSA) is 34.1 Å². The quantitative estimate of drug-likeness (QED) is 0.367. The Morgan fingerprint density at radius 3 is 2.57 bits per heavy atom. The number of anilines is 1. The monoisotopic (exact) mass is 503 g/mol. The zero-order chi connectivity index (χ0) is 19.1. The number of guanidine groups is 1. The number of piperazine rings is 1. The number of hydrogen-bond donors (Lipinski definition) is 1. The lowest BCUT2D eigenvalue weighted by Crippen LogP contribution is -2.52. The molecule has 0 aliphatic carbocycles. The zero-order valence-corrected chi connectivity index (χ0v) is 19.6. The summed E-state index contributed by atoms with van der Waals surface area (Å²) in [6.07, 6.45) is 2.48. The Hall–Kier alpha value is -1.09. The summed E-state index contributed by atoms with van der Waals surface area (Å²) in [6, 6.07) is 7.05. The maximum atomic E-state index is 14.0. The van der Waals surface area contributed by atoms with Crippen molar-refractivity contribution in [1.29, 1.82) is 0 Å². The first-order chi connectivity index (χ1) is 13.2. The molecule has 2 fully saturated rings. The average molecular weight is 503 g/mol. The molecule has 0 saturated carbocycles. The maximum absolute atomic E-state index is 14.0.